The first kappa shape index (κ1) is 17.1. The molecule has 1 aliphatic rings. The lowest BCUT2D eigenvalue weighted by Gasteiger charge is -2.16. The predicted octanol–water partition coefficient (Wildman–Crippen LogP) is 2.98. The van der Waals surface area contributed by atoms with E-state index >= 15 is 0 Å². The standard InChI is InChI=1S/C18H15ClFN3O2/c19-15-7-4-8-16(20)14(15)10-21-22-18(25)12-9-17(24)23(11-12)13-5-2-1-3-6-13/h1-8,10,12H,9,11H2,(H,22,25)/t12-/m0/s1. The first-order valence-corrected chi connectivity index (χ1v) is 8.06. The van der Waals surface area contributed by atoms with Crippen LogP contribution in [0.1, 0.15) is 12.0 Å². The maximum absolute atomic E-state index is 13.6. The molecule has 7 heteroatoms. The third-order valence-corrected chi connectivity index (χ3v) is 4.26. The number of rotatable bonds is 4. The van der Waals surface area contributed by atoms with Gasteiger partial charge < -0.3 is 4.90 Å². The smallest absolute Gasteiger partial charge is 0.245 e. The molecule has 5 nitrogen and oxygen atoms in total. The van der Waals surface area contributed by atoms with Gasteiger partial charge in [0.15, 0.2) is 0 Å². The molecule has 0 aromatic heterocycles. The third kappa shape index (κ3) is 3.85. The van der Waals surface area contributed by atoms with Gasteiger partial charge in [-0.05, 0) is 24.3 Å². The quantitative estimate of drug-likeness (QED) is 0.674. The van der Waals surface area contributed by atoms with Crippen molar-refractivity contribution in [3.05, 3.63) is 64.9 Å². The van der Waals surface area contributed by atoms with Crippen LogP contribution in [0.15, 0.2) is 53.6 Å². The molecule has 0 bridgehead atoms. The van der Waals surface area contributed by atoms with Gasteiger partial charge in [-0.3, -0.25) is 9.59 Å². The minimum Gasteiger partial charge on any atom is -0.312 e. The SMILES string of the molecule is O=C(NN=Cc1c(F)cccc1Cl)[C@H]1CC(=O)N(c2ccccc2)C1. The van der Waals surface area contributed by atoms with E-state index in [1.165, 1.54) is 18.2 Å². The Balaban J connectivity index is 1.63. The Kier molecular flexibility index (Phi) is 5.09. The predicted molar refractivity (Wildman–Crippen MR) is 94.0 cm³/mol. The third-order valence-electron chi connectivity index (χ3n) is 3.93. The normalized spacial score (nSPS) is 17.3. The van der Waals surface area contributed by atoms with Gasteiger partial charge in [0.2, 0.25) is 11.8 Å². The van der Waals surface area contributed by atoms with Crippen LogP contribution < -0.4 is 10.3 Å². The highest BCUT2D eigenvalue weighted by atomic mass is 35.5. The van der Waals surface area contributed by atoms with Crippen LogP contribution in [0.3, 0.4) is 0 Å². The number of nitrogens with one attached hydrogen (secondary N) is 1. The monoisotopic (exact) mass is 359 g/mol. The van der Waals surface area contributed by atoms with Gasteiger partial charge in [-0.1, -0.05) is 35.9 Å². The maximum atomic E-state index is 13.6. The Morgan fingerprint density at radius 2 is 2.00 bits per heavy atom. The van der Waals surface area contributed by atoms with E-state index in [1.54, 1.807) is 4.90 Å². The number of hydrazone groups is 1. The number of amides is 2. The molecule has 0 unspecified atom stereocenters. The molecule has 2 aromatic carbocycles. The van der Waals surface area contributed by atoms with E-state index in [9.17, 15) is 14.0 Å². The summed E-state index contributed by atoms with van der Waals surface area (Å²) >= 11 is 5.88. The number of hydrogen-bond acceptors (Lipinski definition) is 3. The van der Waals surface area contributed by atoms with Crippen molar-refractivity contribution in [3.8, 4) is 0 Å². The first-order chi connectivity index (χ1) is 12.1. The molecule has 0 spiro atoms. The second-order valence-corrected chi connectivity index (χ2v) is 6.02. The lowest BCUT2D eigenvalue weighted by Crippen LogP contribution is -2.30. The Labute approximate surface area is 149 Å². The highest BCUT2D eigenvalue weighted by Gasteiger charge is 2.35. The fraction of sp³-hybridized carbons (Fsp3) is 0.167. The number of benzene rings is 2. The lowest BCUT2D eigenvalue weighted by atomic mass is 10.1. The highest BCUT2D eigenvalue weighted by Crippen LogP contribution is 2.24. The minimum absolute atomic E-state index is 0.0953. The average Bonchev–Trinajstić information content (AvgIpc) is 3.00. The van der Waals surface area contributed by atoms with E-state index in [0.29, 0.717) is 0 Å². The largest absolute Gasteiger partial charge is 0.312 e. The molecule has 1 atom stereocenters. The van der Waals surface area contributed by atoms with Gasteiger partial charge in [0.1, 0.15) is 5.82 Å². The Hall–Kier alpha value is -2.73. The maximum Gasteiger partial charge on any atom is 0.245 e. The summed E-state index contributed by atoms with van der Waals surface area (Å²) in [5.41, 5.74) is 3.20. The molecule has 1 aliphatic heterocycles. The number of hydrogen-bond donors (Lipinski definition) is 1. The van der Waals surface area contributed by atoms with Crippen molar-refractivity contribution in [1.82, 2.24) is 5.43 Å². The summed E-state index contributed by atoms with van der Waals surface area (Å²) in [5.74, 6) is -1.55. The highest BCUT2D eigenvalue weighted by molar-refractivity contribution is 6.33. The minimum atomic E-state index is -0.531. The molecule has 2 aromatic rings. The van der Waals surface area contributed by atoms with Gasteiger partial charge >= 0.3 is 0 Å². The summed E-state index contributed by atoms with van der Waals surface area (Å²) in [6.07, 6.45) is 1.26. The van der Waals surface area contributed by atoms with Crippen LogP contribution in [-0.4, -0.2) is 24.6 Å². The molecule has 0 radical (unpaired) electrons. The summed E-state index contributed by atoms with van der Waals surface area (Å²) in [7, 11) is 0. The van der Waals surface area contributed by atoms with Gasteiger partial charge in [-0.2, -0.15) is 5.10 Å². The Bertz CT molecular complexity index is 806. The van der Waals surface area contributed by atoms with Gasteiger partial charge in [-0.15, -0.1) is 0 Å². The summed E-state index contributed by atoms with van der Waals surface area (Å²) in [6, 6.07) is 13.4. The Morgan fingerprint density at radius 1 is 1.24 bits per heavy atom. The second kappa shape index (κ2) is 7.44. The van der Waals surface area contributed by atoms with Crippen molar-refractivity contribution in [2.24, 2.45) is 11.0 Å². The van der Waals surface area contributed by atoms with E-state index in [1.807, 2.05) is 30.3 Å². The first-order valence-electron chi connectivity index (χ1n) is 7.68. The number of halogens is 2. The molecular weight excluding hydrogens is 345 g/mol. The summed E-state index contributed by atoms with van der Waals surface area (Å²) < 4.78 is 13.6. The second-order valence-electron chi connectivity index (χ2n) is 5.61. The van der Waals surface area contributed by atoms with Crippen LogP contribution in [0.25, 0.3) is 0 Å². The molecule has 1 saturated heterocycles. The molecule has 0 saturated carbocycles. The van der Waals surface area contributed by atoms with Crippen LogP contribution in [0, 0.1) is 11.7 Å². The van der Waals surface area contributed by atoms with Crippen LogP contribution in [0.2, 0.25) is 5.02 Å². The van der Waals surface area contributed by atoms with Gasteiger partial charge in [0.05, 0.1) is 17.2 Å². The van der Waals surface area contributed by atoms with Crippen LogP contribution in [0.5, 0.6) is 0 Å². The number of nitrogens with zero attached hydrogens (tertiary/aromatic N) is 2. The fourth-order valence-corrected chi connectivity index (χ4v) is 2.84. The number of carbonyl (C=O) groups is 2. The number of anilines is 1. The summed E-state index contributed by atoms with van der Waals surface area (Å²) in [5, 5.41) is 3.95. The van der Waals surface area contributed by atoms with Gasteiger partial charge in [0, 0.05) is 24.2 Å². The molecule has 0 aliphatic carbocycles. The molecule has 1 N–H and O–H groups in total. The van der Waals surface area contributed by atoms with Crippen molar-refractivity contribution in [1.29, 1.82) is 0 Å². The summed E-state index contributed by atoms with van der Waals surface area (Å²) in [6.45, 7) is 0.282. The molecule has 1 fully saturated rings. The zero-order chi connectivity index (χ0) is 17.8. The van der Waals surface area contributed by atoms with Crippen LogP contribution in [-0.2, 0) is 9.59 Å². The zero-order valence-corrected chi connectivity index (χ0v) is 13.9. The fourth-order valence-electron chi connectivity index (χ4n) is 2.63. The molecular formula is C18H15ClFN3O2. The lowest BCUT2D eigenvalue weighted by molar-refractivity contribution is -0.126. The van der Waals surface area contributed by atoms with Crippen molar-refractivity contribution in [2.45, 2.75) is 6.42 Å². The zero-order valence-electron chi connectivity index (χ0n) is 13.2. The van der Waals surface area contributed by atoms with E-state index in [4.69, 9.17) is 11.6 Å². The van der Waals surface area contributed by atoms with E-state index < -0.39 is 17.6 Å². The molecule has 128 valence electrons. The molecule has 25 heavy (non-hydrogen) atoms. The van der Waals surface area contributed by atoms with Crippen molar-refractivity contribution >= 4 is 35.3 Å². The average molecular weight is 360 g/mol. The molecule has 3 rings (SSSR count). The van der Waals surface area contributed by atoms with E-state index in [0.717, 1.165) is 11.9 Å². The van der Waals surface area contributed by atoms with Crippen LogP contribution >= 0.6 is 11.6 Å². The van der Waals surface area contributed by atoms with Gasteiger partial charge in [-0.25, -0.2) is 9.82 Å². The van der Waals surface area contributed by atoms with E-state index in [-0.39, 0.29) is 29.5 Å². The van der Waals surface area contributed by atoms with Crippen molar-refractivity contribution in [2.75, 3.05) is 11.4 Å². The number of para-hydroxylation sites is 1. The van der Waals surface area contributed by atoms with Crippen molar-refractivity contribution in [3.63, 3.8) is 0 Å². The van der Waals surface area contributed by atoms with Gasteiger partial charge in [0.25, 0.3) is 0 Å². The topological polar surface area (TPSA) is 61.8 Å². The molecule has 2 amide bonds. The van der Waals surface area contributed by atoms with Crippen LogP contribution in [0.4, 0.5) is 10.1 Å². The van der Waals surface area contributed by atoms with Crippen molar-refractivity contribution < 1.29 is 14.0 Å². The molecule has 1 heterocycles. The number of carbonyl (C=O) groups excluding carboxylic acids is 2. The van der Waals surface area contributed by atoms with E-state index in [2.05, 4.69) is 10.5 Å². The summed E-state index contributed by atoms with van der Waals surface area (Å²) in [4.78, 5) is 25.9. The Morgan fingerprint density at radius 3 is 2.72 bits per heavy atom.